The van der Waals surface area contributed by atoms with Crippen molar-refractivity contribution in [3.63, 3.8) is 0 Å². The van der Waals surface area contributed by atoms with Gasteiger partial charge in [-0.15, -0.1) is 0 Å². The second-order valence-corrected chi connectivity index (χ2v) is 5.45. The molecule has 1 amide bonds. The highest BCUT2D eigenvalue weighted by atomic mass is 16.7. The fourth-order valence-electron chi connectivity index (χ4n) is 2.84. The molecule has 2 N–H and O–H groups in total. The first kappa shape index (κ1) is 16.6. The normalized spacial score (nSPS) is 18.4. The van der Waals surface area contributed by atoms with Gasteiger partial charge in [0.2, 0.25) is 5.91 Å². The Morgan fingerprint density at radius 3 is 2.61 bits per heavy atom. The number of nitrogens with zero attached hydrogens (tertiary/aromatic N) is 2. The molecule has 1 aliphatic heterocycles. The predicted molar refractivity (Wildman–Crippen MR) is 80.7 cm³/mol. The first-order chi connectivity index (χ1) is 11.0. The van der Waals surface area contributed by atoms with Crippen LogP contribution in [0.25, 0.3) is 0 Å². The van der Waals surface area contributed by atoms with Gasteiger partial charge in [-0.25, -0.2) is 0 Å². The Balaban J connectivity index is 2.17. The lowest BCUT2D eigenvalue weighted by Gasteiger charge is -2.20. The summed E-state index contributed by atoms with van der Waals surface area (Å²) in [6.45, 7) is 1.81. The van der Waals surface area contributed by atoms with E-state index in [0.717, 1.165) is 0 Å². The zero-order valence-electron chi connectivity index (χ0n) is 12.7. The van der Waals surface area contributed by atoms with Crippen LogP contribution in [-0.4, -0.2) is 24.2 Å². The summed E-state index contributed by atoms with van der Waals surface area (Å²) in [5, 5.41) is 8.81. The molecule has 0 saturated carbocycles. The van der Waals surface area contributed by atoms with Crippen molar-refractivity contribution in [1.29, 1.82) is 5.26 Å². The standard InChI is InChI=1S/C16H17N3O4/c1-10(20)14(8-15(21)23-18)13-6-7-19(16(13)22)12-4-2-11(9-17)3-5-12/h2-5,13-14H,6-8,18H2,1H3. The van der Waals surface area contributed by atoms with Crippen LogP contribution < -0.4 is 10.8 Å². The third kappa shape index (κ3) is 3.55. The first-order valence-electron chi connectivity index (χ1n) is 7.19. The summed E-state index contributed by atoms with van der Waals surface area (Å²) < 4.78 is 0. The van der Waals surface area contributed by atoms with Crippen LogP contribution in [0.1, 0.15) is 25.3 Å². The van der Waals surface area contributed by atoms with Crippen molar-refractivity contribution in [2.45, 2.75) is 19.8 Å². The second-order valence-electron chi connectivity index (χ2n) is 5.45. The minimum atomic E-state index is -0.734. The van der Waals surface area contributed by atoms with Crippen LogP contribution in [0.3, 0.4) is 0 Å². The number of nitriles is 1. The van der Waals surface area contributed by atoms with Crippen molar-refractivity contribution in [3.8, 4) is 6.07 Å². The highest BCUT2D eigenvalue weighted by Gasteiger charge is 2.40. The smallest absolute Gasteiger partial charge is 0.325 e. The molecule has 1 fully saturated rings. The lowest BCUT2D eigenvalue weighted by atomic mass is 9.85. The van der Waals surface area contributed by atoms with E-state index in [-0.39, 0.29) is 18.1 Å². The average Bonchev–Trinajstić information content (AvgIpc) is 2.93. The molecule has 23 heavy (non-hydrogen) atoms. The third-order valence-corrected chi connectivity index (χ3v) is 4.08. The number of hydrogen-bond acceptors (Lipinski definition) is 6. The van der Waals surface area contributed by atoms with Crippen molar-refractivity contribution in [2.75, 3.05) is 11.4 Å². The Morgan fingerprint density at radius 1 is 1.43 bits per heavy atom. The van der Waals surface area contributed by atoms with Gasteiger partial charge in [0.1, 0.15) is 5.78 Å². The fraction of sp³-hybridized carbons (Fsp3) is 0.375. The Hall–Kier alpha value is -2.72. The molecule has 2 rings (SSSR count). The molecule has 1 aromatic carbocycles. The zero-order valence-corrected chi connectivity index (χ0v) is 12.7. The summed E-state index contributed by atoms with van der Waals surface area (Å²) in [4.78, 5) is 41.4. The maximum absolute atomic E-state index is 12.6. The van der Waals surface area contributed by atoms with Crippen LogP contribution in [-0.2, 0) is 19.2 Å². The van der Waals surface area contributed by atoms with Crippen LogP contribution in [0, 0.1) is 23.2 Å². The summed E-state index contributed by atoms with van der Waals surface area (Å²) in [6.07, 6.45) is 0.268. The molecule has 0 radical (unpaired) electrons. The van der Waals surface area contributed by atoms with E-state index in [1.54, 1.807) is 29.2 Å². The van der Waals surface area contributed by atoms with Crippen molar-refractivity contribution < 1.29 is 19.2 Å². The maximum Gasteiger partial charge on any atom is 0.325 e. The Morgan fingerprint density at radius 2 is 2.09 bits per heavy atom. The molecular formula is C16H17N3O4. The molecule has 2 atom stereocenters. The molecule has 1 saturated heterocycles. The fourth-order valence-corrected chi connectivity index (χ4v) is 2.84. The van der Waals surface area contributed by atoms with E-state index >= 15 is 0 Å². The summed E-state index contributed by atoms with van der Waals surface area (Å²) in [5.74, 6) is 2.35. The molecular weight excluding hydrogens is 298 g/mol. The summed E-state index contributed by atoms with van der Waals surface area (Å²) in [5.41, 5.74) is 1.17. The number of rotatable bonds is 5. The number of ketones is 1. The van der Waals surface area contributed by atoms with Crippen LogP contribution in [0.4, 0.5) is 5.69 Å². The van der Waals surface area contributed by atoms with Gasteiger partial charge < -0.3 is 9.74 Å². The first-order valence-corrected chi connectivity index (χ1v) is 7.19. The average molecular weight is 315 g/mol. The molecule has 2 unspecified atom stereocenters. The molecule has 1 aromatic rings. The van der Waals surface area contributed by atoms with Crippen molar-refractivity contribution in [1.82, 2.24) is 0 Å². The molecule has 120 valence electrons. The monoisotopic (exact) mass is 315 g/mol. The van der Waals surface area contributed by atoms with Crippen molar-refractivity contribution in [2.24, 2.45) is 17.7 Å². The number of carbonyl (C=O) groups excluding carboxylic acids is 3. The molecule has 0 aromatic heterocycles. The zero-order chi connectivity index (χ0) is 17.0. The van der Waals surface area contributed by atoms with Crippen LogP contribution in [0.15, 0.2) is 24.3 Å². The number of benzene rings is 1. The number of anilines is 1. The highest BCUT2D eigenvalue weighted by molar-refractivity contribution is 6.00. The van der Waals surface area contributed by atoms with E-state index < -0.39 is 17.8 Å². The minimum absolute atomic E-state index is 0.205. The molecule has 1 aliphatic rings. The predicted octanol–water partition coefficient (Wildman–Crippen LogP) is 0.923. The van der Waals surface area contributed by atoms with Gasteiger partial charge in [-0.3, -0.25) is 14.4 Å². The number of carbonyl (C=O) groups is 3. The molecule has 0 aliphatic carbocycles. The summed E-state index contributed by atoms with van der Waals surface area (Å²) in [6, 6.07) is 8.65. The number of hydrogen-bond donors (Lipinski definition) is 1. The maximum atomic E-state index is 12.6. The van der Waals surface area contributed by atoms with Crippen molar-refractivity contribution in [3.05, 3.63) is 29.8 Å². The SMILES string of the molecule is CC(=O)C(CC(=O)ON)C1CCN(c2ccc(C#N)cc2)C1=O. The molecule has 0 bridgehead atoms. The quantitative estimate of drug-likeness (QED) is 0.808. The van der Waals surface area contributed by atoms with Gasteiger partial charge in [-0.1, -0.05) is 0 Å². The summed E-state index contributed by atoms with van der Waals surface area (Å²) in [7, 11) is 0. The van der Waals surface area contributed by atoms with Gasteiger partial charge >= 0.3 is 5.97 Å². The second kappa shape index (κ2) is 7.03. The van der Waals surface area contributed by atoms with Gasteiger partial charge in [0.25, 0.3) is 0 Å². The largest absolute Gasteiger partial charge is 0.373 e. The number of amides is 1. The molecule has 1 heterocycles. The van der Waals surface area contributed by atoms with E-state index in [1.807, 2.05) is 6.07 Å². The Labute approximate surface area is 133 Å². The van der Waals surface area contributed by atoms with Gasteiger partial charge in [0.15, 0.2) is 0 Å². The minimum Gasteiger partial charge on any atom is -0.373 e. The van der Waals surface area contributed by atoms with Gasteiger partial charge in [0, 0.05) is 18.2 Å². The lowest BCUT2D eigenvalue weighted by molar-refractivity contribution is -0.148. The highest BCUT2D eigenvalue weighted by Crippen LogP contribution is 2.32. The van der Waals surface area contributed by atoms with Gasteiger partial charge in [-0.2, -0.15) is 11.2 Å². The van der Waals surface area contributed by atoms with Crippen LogP contribution in [0.5, 0.6) is 0 Å². The van der Waals surface area contributed by atoms with Gasteiger partial charge in [-0.05, 0) is 37.6 Å². The van der Waals surface area contributed by atoms with E-state index in [1.165, 1.54) is 6.92 Å². The third-order valence-electron chi connectivity index (χ3n) is 4.08. The van der Waals surface area contributed by atoms with Crippen LogP contribution >= 0.6 is 0 Å². The summed E-state index contributed by atoms with van der Waals surface area (Å²) >= 11 is 0. The van der Waals surface area contributed by atoms with Crippen molar-refractivity contribution >= 4 is 23.3 Å². The Bertz CT molecular complexity index is 663. The topological polar surface area (TPSA) is 113 Å². The van der Waals surface area contributed by atoms with Gasteiger partial charge in [0.05, 0.1) is 24.0 Å². The van der Waals surface area contributed by atoms with Crippen LogP contribution in [0.2, 0.25) is 0 Å². The van der Waals surface area contributed by atoms with E-state index in [9.17, 15) is 14.4 Å². The number of Topliss-reactive ketones (excluding diaryl/α,β-unsaturated/α-hetero) is 1. The van der Waals surface area contributed by atoms with E-state index in [4.69, 9.17) is 11.2 Å². The molecule has 7 heteroatoms. The molecule has 7 nitrogen and oxygen atoms in total. The lowest BCUT2D eigenvalue weighted by Crippen LogP contribution is -2.34. The van der Waals surface area contributed by atoms with E-state index in [0.29, 0.717) is 24.2 Å². The molecule has 0 spiro atoms. The van der Waals surface area contributed by atoms with E-state index in [2.05, 4.69) is 4.84 Å². The Kier molecular flexibility index (Phi) is 5.09. The number of nitrogens with two attached hydrogens (primary N) is 1.